The minimum atomic E-state index is 0.863. The first-order chi connectivity index (χ1) is 4.22. The Morgan fingerprint density at radius 1 is 1.11 bits per heavy atom. The minimum absolute atomic E-state index is 0.863. The summed E-state index contributed by atoms with van der Waals surface area (Å²) in [6, 6.07) is 0. The van der Waals surface area contributed by atoms with Gasteiger partial charge in [-0.3, -0.25) is 0 Å². The molecule has 0 spiro atoms. The molecule has 50 valence electrons. The van der Waals surface area contributed by atoms with Crippen molar-refractivity contribution >= 4 is 0 Å². The maximum absolute atomic E-state index is 2.41. The lowest BCUT2D eigenvalue weighted by atomic mass is 10.2. The van der Waals surface area contributed by atoms with Crippen molar-refractivity contribution in [1.29, 1.82) is 0 Å². The SMILES string of the molecule is CC1C=C1C1C(C)C1C. The molecule has 0 amide bonds. The Balaban J connectivity index is 1.97. The first-order valence-electron chi connectivity index (χ1n) is 3.93. The molecular formula is C9H14. The molecule has 3 unspecified atom stereocenters. The third kappa shape index (κ3) is 0.654. The van der Waals surface area contributed by atoms with Crippen LogP contribution < -0.4 is 0 Å². The standard InChI is InChI=1S/C9H14/c1-5-4-8(5)9-6(2)7(9)3/h4-7,9H,1-3H3. The van der Waals surface area contributed by atoms with Crippen LogP contribution in [-0.2, 0) is 0 Å². The molecule has 0 radical (unpaired) electrons. The van der Waals surface area contributed by atoms with E-state index in [0.29, 0.717) is 0 Å². The summed E-state index contributed by atoms with van der Waals surface area (Å²) in [5.74, 6) is 3.82. The Bertz CT molecular complexity index is 159. The molecule has 1 saturated carbocycles. The smallest absolute Gasteiger partial charge is 0.00455 e. The molecule has 0 nitrogen and oxygen atoms in total. The normalized spacial score (nSPS) is 54.8. The van der Waals surface area contributed by atoms with Crippen molar-refractivity contribution in [3.05, 3.63) is 11.6 Å². The Morgan fingerprint density at radius 2 is 1.56 bits per heavy atom. The summed E-state index contributed by atoms with van der Waals surface area (Å²) in [7, 11) is 0. The van der Waals surface area contributed by atoms with Crippen molar-refractivity contribution < 1.29 is 0 Å². The molecule has 0 N–H and O–H groups in total. The molecule has 0 aromatic carbocycles. The third-order valence-electron chi connectivity index (χ3n) is 3.07. The van der Waals surface area contributed by atoms with Gasteiger partial charge in [-0.2, -0.15) is 0 Å². The second kappa shape index (κ2) is 1.42. The van der Waals surface area contributed by atoms with Gasteiger partial charge in [0, 0.05) is 0 Å². The number of hydrogen-bond acceptors (Lipinski definition) is 0. The van der Waals surface area contributed by atoms with E-state index in [0.717, 1.165) is 23.7 Å². The maximum atomic E-state index is 2.41. The molecule has 3 atom stereocenters. The first-order valence-corrected chi connectivity index (χ1v) is 3.93. The van der Waals surface area contributed by atoms with Gasteiger partial charge < -0.3 is 0 Å². The van der Waals surface area contributed by atoms with Crippen LogP contribution in [0.15, 0.2) is 11.6 Å². The van der Waals surface area contributed by atoms with Crippen molar-refractivity contribution in [2.75, 3.05) is 0 Å². The van der Waals surface area contributed by atoms with E-state index in [-0.39, 0.29) is 0 Å². The minimum Gasteiger partial charge on any atom is -0.0775 e. The van der Waals surface area contributed by atoms with Gasteiger partial charge in [-0.1, -0.05) is 32.4 Å². The van der Waals surface area contributed by atoms with Crippen LogP contribution in [0.2, 0.25) is 0 Å². The van der Waals surface area contributed by atoms with Gasteiger partial charge in [0.1, 0.15) is 0 Å². The molecule has 0 aliphatic heterocycles. The van der Waals surface area contributed by atoms with Crippen LogP contribution in [0.5, 0.6) is 0 Å². The summed E-state index contributed by atoms with van der Waals surface area (Å²) in [6.07, 6.45) is 2.41. The van der Waals surface area contributed by atoms with Crippen LogP contribution >= 0.6 is 0 Å². The van der Waals surface area contributed by atoms with Gasteiger partial charge in [-0.05, 0) is 23.7 Å². The number of hydrogen-bond donors (Lipinski definition) is 0. The van der Waals surface area contributed by atoms with Crippen molar-refractivity contribution in [2.24, 2.45) is 23.7 Å². The molecule has 9 heavy (non-hydrogen) atoms. The van der Waals surface area contributed by atoms with E-state index in [1.165, 1.54) is 0 Å². The largest absolute Gasteiger partial charge is 0.0775 e. The average Bonchev–Trinajstić information content (AvgIpc) is 2.58. The van der Waals surface area contributed by atoms with Crippen LogP contribution in [0.3, 0.4) is 0 Å². The summed E-state index contributed by atoms with van der Waals surface area (Å²) in [5, 5.41) is 0. The Kier molecular flexibility index (Phi) is 0.870. The van der Waals surface area contributed by atoms with E-state index in [4.69, 9.17) is 0 Å². The van der Waals surface area contributed by atoms with E-state index in [9.17, 15) is 0 Å². The molecular weight excluding hydrogens is 108 g/mol. The van der Waals surface area contributed by atoms with Gasteiger partial charge in [-0.25, -0.2) is 0 Å². The second-order valence-electron chi connectivity index (χ2n) is 3.70. The zero-order valence-corrected chi connectivity index (χ0v) is 6.39. The van der Waals surface area contributed by atoms with E-state index in [2.05, 4.69) is 26.8 Å². The first kappa shape index (κ1) is 5.52. The predicted octanol–water partition coefficient (Wildman–Crippen LogP) is 2.46. The number of rotatable bonds is 1. The van der Waals surface area contributed by atoms with E-state index >= 15 is 0 Å². The summed E-state index contributed by atoms with van der Waals surface area (Å²) < 4.78 is 0. The molecule has 2 aliphatic rings. The predicted molar refractivity (Wildman–Crippen MR) is 39.1 cm³/mol. The van der Waals surface area contributed by atoms with Crippen LogP contribution in [0.25, 0.3) is 0 Å². The van der Waals surface area contributed by atoms with Gasteiger partial charge in [0.25, 0.3) is 0 Å². The van der Waals surface area contributed by atoms with Gasteiger partial charge in [0.05, 0.1) is 0 Å². The topological polar surface area (TPSA) is 0 Å². The average molecular weight is 122 g/mol. The van der Waals surface area contributed by atoms with E-state index in [1.807, 2.05) is 0 Å². The molecule has 0 saturated heterocycles. The van der Waals surface area contributed by atoms with Crippen LogP contribution in [0.4, 0.5) is 0 Å². The third-order valence-corrected chi connectivity index (χ3v) is 3.07. The van der Waals surface area contributed by atoms with Crippen LogP contribution in [-0.4, -0.2) is 0 Å². The zero-order chi connectivity index (χ0) is 6.59. The van der Waals surface area contributed by atoms with E-state index < -0.39 is 0 Å². The molecule has 2 rings (SSSR count). The highest BCUT2D eigenvalue weighted by Crippen LogP contribution is 2.56. The summed E-state index contributed by atoms with van der Waals surface area (Å²) in [5.41, 5.74) is 1.75. The quantitative estimate of drug-likeness (QED) is 0.469. The Morgan fingerprint density at radius 3 is 1.67 bits per heavy atom. The fourth-order valence-corrected chi connectivity index (χ4v) is 1.93. The lowest BCUT2D eigenvalue weighted by Gasteiger charge is -1.86. The maximum Gasteiger partial charge on any atom is -0.00455 e. The second-order valence-corrected chi connectivity index (χ2v) is 3.70. The summed E-state index contributed by atoms with van der Waals surface area (Å²) >= 11 is 0. The highest BCUT2D eigenvalue weighted by atomic mass is 14.5. The Labute approximate surface area is 57.0 Å². The Hall–Kier alpha value is -0.260. The van der Waals surface area contributed by atoms with Crippen molar-refractivity contribution in [3.8, 4) is 0 Å². The van der Waals surface area contributed by atoms with Gasteiger partial charge >= 0.3 is 0 Å². The van der Waals surface area contributed by atoms with Crippen LogP contribution in [0.1, 0.15) is 20.8 Å². The fourth-order valence-electron chi connectivity index (χ4n) is 1.93. The summed E-state index contributed by atoms with van der Waals surface area (Å²) in [6.45, 7) is 7.02. The van der Waals surface area contributed by atoms with Crippen molar-refractivity contribution in [1.82, 2.24) is 0 Å². The van der Waals surface area contributed by atoms with Gasteiger partial charge in [0.2, 0.25) is 0 Å². The van der Waals surface area contributed by atoms with Gasteiger partial charge in [0.15, 0.2) is 0 Å². The lowest BCUT2D eigenvalue weighted by Crippen LogP contribution is -1.77. The van der Waals surface area contributed by atoms with Crippen LogP contribution in [0, 0.1) is 23.7 Å². The lowest BCUT2D eigenvalue weighted by molar-refractivity contribution is 0.829. The molecule has 0 bridgehead atoms. The van der Waals surface area contributed by atoms with Crippen molar-refractivity contribution in [2.45, 2.75) is 20.8 Å². The molecule has 0 aromatic heterocycles. The molecule has 0 aromatic rings. The molecule has 0 heterocycles. The van der Waals surface area contributed by atoms with E-state index in [1.54, 1.807) is 5.57 Å². The van der Waals surface area contributed by atoms with Gasteiger partial charge in [-0.15, -0.1) is 0 Å². The monoisotopic (exact) mass is 122 g/mol. The van der Waals surface area contributed by atoms with Crippen molar-refractivity contribution in [3.63, 3.8) is 0 Å². The highest BCUT2D eigenvalue weighted by Gasteiger charge is 2.49. The summed E-state index contributed by atoms with van der Waals surface area (Å²) in [4.78, 5) is 0. The molecule has 1 fully saturated rings. The highest BCUT2D eigenvalue weighted by molar-refractivity contribution is 5.35. The fraction of sp³-hybridized carbons (Fsp3) is 0.778. The molecule has 0 heteroatoms. The number of allylic oxidation sites excluding steroid dienone is 2. The zero-order valence-electron chi connectivity index (χ0n) is 6.39. The molecule has 2 aliphatic carbocycles.